The third kappa shape index (κ3) is 1.72. The Bertz CT molecular complexity index is 455. The van der Waals surface area contributed by atoms with Crippen LogP contribution >= 0.6 is 0 Å². The Morgan fingerprint density at radius 3 is 2.59 bits per heavy atom. The van der Waals surface area contributed by atoms with Gasteiger partial charge in [0, 0.05) is 0 Å². The molecule has 1 aliphatic heterocycles. The van der Waals surface area contributed by atoms with Crippen LogP contribution in [0.4, 0.5) is 0 Å². The minimum Gasteiger partial charge on any atom is -0.0653 e. The zero-order chi connectivity index (χ0) is 11.8. The summed E-state index contributed by atoms with van der Waals surface area (Å²) < 4.78 is 0. The van der Waals surface area contributed by atoms with E-state index in [1.165, 1.54) is 19.3 Å². The van der Waals surface area contributed by atoms with Crippen molar-refractivity contribution >= 4 is 14.9 Å². The molecule has 1 aliphatic carbocycles. The maximum Gasteiger partial charge on any atom is 0.0616 e. The number of hydrogen-bond donors (Lipinski definition) is 0. The van der Waals surface area contributed by atoms with E-state index < -0.39 is 0 Å². The minimum absolute atomic E-state index is 0.0911. The van der Waals surface area contributed by atoms with Gasteiger partial charge >= 0.3 is 0 Å². The molecule has 17 heavy (non-hydrogen) atoms. The summed E-state index contributed by atoms with van der Waals surface area (Å²) in [6, 6.07) is 10.1. The van der Waals surface area contributed by atoms with E-state index in [9.17, 15) is 0 Å². The molecule has 0 amide bonds. The van der Waals surface area contributed by atoms with E-state index in [1.54, 1.807) is 34.4 Å². The number of allylic oxidation sites excluding steroid dienone is 1. The summed E-state index contributed by atoms with van der Waals surface area (Å²) in [5, 5.41) is 0. The van der Waals surface area contributed by atoms with Crippen LogP contribution in [0.5, 0.6) is 0 Å². The van der Waals surface area contributed by atoms with Gasteiger partial charge in [0.15, 0.2) is 0 Å². The smallest absolute Gasteiger partial charge is 0.0616 e. The van der Waals surface area contributed by atoms with Gasteiger partial charge in [0.25, 0.3) is 0 Å². The molecule has 0 spiro atoms. The van der Waals surface area contributed by atoms with Crippen molar-refractivity contribution in [1.29, 1.82) is 0 Å². The quantitative estimate of drug-likeness (QED) is 0.680. The van der Waals surface area contributed by atoms with Crippen LogP contribution in [0.15, 0.2) is 23.8 Å². The second-order valence-electron chi connectivity index (χ2n) is 5.29. The summed E-state index contributed by atoms with van der Waals surface area (Å²) in [6.45, 7) is 4.61. The van der Waals surface area contributed by atoms with Crippen molar-refractivity contribution in [1.82, 2.24) is 0 Å². The summed E-state index contributed by atoms with van der Waals surface area (Å²) in [6.07, 6.45) is 6.43. The van der Waals surface area contributed by atoms with Crippen molar-refractivity contribution in [3.63, 3.8) is 0 Å². The van der Waals surface area contributed by atoms with Gasteiger partial charge in [0.05, 0.1) is 8.80 Å². The van der Waals surface area contributed by atoms with E-state index in [0.717, 1.165) is 5.54 Å². The molecule has 1 aromatic rings. The largest absolute Gasteiger partial charge is 0.0653 e. The van der Waals surface area contributed by atoms with Gasteiger partial charge in [-0.2, -0.15) is 0 Å². The average Bonchev–Trinajstić information content (AvgIpc) is 2.66. The highest BCUT2D eigenvalue weighted by Crippen LogP contribution is 2.46. The zero-order valence-corrected chi connectivity index (χ0v) is 11.9. The van der Waals surface area contributed by atoms with Gasteiger partial charge in [-0.15, -0.1) is 0 Å². The van der Waals surface area contributed by atoms with Crippen LogP contribution < -0.4 is 0 Å². The van der Waals surface area contributed by atoms with E-state index in [4.69, 9.17) is 0 Å². The first-order valence-corrected chi connectivity index (χ1v) is 9.01. The van der Waals surface area contributed by atoms with Gasteiger partial charge in [0.2, 0.25) is 0 Å². The molecule has 89 valence electrons. The molecule has 1 heterocycles. The Morgan fingerprint density at radius 1 is 1.18 bits per heavy atom. The maximum absolute atomic E-state index is 2.52. The van der Waals surface area contributed by atoms with Gasteiger partial charge in [-0.25, -0.2) is 0 Å². The van der Waals surface area contributed by atoms with Crippen molar-refractivity contribution in [3.05, 3.63) is 40.5 Å². The number of rotatable bonds is 3. The van der Waals surface area contributed by atoms with Crippen molar-refractivity contribution in [2.75, 3.05) is 0 Å². The molecular formula is C16H21Si. The van der Waals surface area contributed by atoms with Crippen LogP contribution in [-0.4, -0.2) is 8.80 Å². The normalized spacial score (nSPS) is 23.2. The molecule has 1 saturated heterocycles. The van der Waals surface area contributed by atoms with Crippen LogP contribution in [-0.2, 0) is 6.42 Å². The molecule has 1 unspecified atom stereocenters. The third-order valence-corrected chi connectivity index (χ3v) is 7.92. The lowest BCUT2D eigenvalue weighted by molar-refractivity contribution is 0.862. The van der Waals surface area contributed by atoms with E-state index in [2.05, 4.69) is 38.1 Å². The predicted molar refractivity (Wildman–Crippen MR) is 76.8 cm³/mol. The fraction of sp³-hybridized carbons (Fsp3) is 0.500. The molecule has 0 N–H and O–H groups in total. The van der Waals surface area contributed by atoms with Gasteiger partial charge in [-0.1, -0.05) is 62.2 Å². The van der Waals surface area contributed by atoms with Gasteiger partial charge in [-0.3, -0.25) is 0 Å². The molecular weight excluding hydrogens is 220 g/mol. The van der Waals surface area contributed by atoms with E-state index in [0.29, 0.717) is 0 Å². The zero-order valence-electron chi connectivity index (χ0n) is 10.9. The monoisotopic (exact) mass is 241 g/mol. The first-order valence-electron chi connectivity index (χ1n) is 7.02. The lowest BCUT2D eigenvalue weighted by atomic mass is 10.0. The fourth-order valence-electron chi connectivity index (χ4n) is 3.30. The molecule has 1 heteroatoms. The van der Waals surface area contributed by atoms with Crippen LogP contribution in [0.25, 0.3) is 6.08 Å². The average molecular weight is 241 g/mol. The summed E-state index contributed by atoms with van der Waals surface area (Å²) in [7, 11) is -0.0911. The molecule has 2 aliphatic rings. The third-order valence-electron chi connectivity index (χ3n) is 4.43. The van der Waals surface area contributed by atoms with E-state index in [-0.39, 0.29) is 8.80 Å². The molecule has 1 radical (unpaired) electrons. The first kappa shape index (κ1) is 11.3. The van der Waals surface area contributed by atoms with Crippen LogP contribution in [0.1, 0.15) is 48.9 Å². The summed E-state index contributed by atoms with van der Waals surface area (Å²) in [4.78, 5) is 0. The highest BCUT2D eigenvalue weighted by Gasteiger charge is 2.36. The van der Waals surface area contributed by atoms with Crippen molar-refractivity contribution < 1.29 is 0 Å². The van der Waals surface area contributed by atoms with Crippen LogP contribution in [0.2, 0.25) is 12.1 Å². The topological polar surface area (TPSA) is 0 Å². The van der Waals surface area contributed by atoms with Gasteiger partial charge < -0.3 is 0 Å². The van der Waals surface area contributed by atoms with Crippen molar-refractivity contribution in [2.24, 2.45) is 0 Å². The Morgan fingerprint density at radius 2 is 2.00 bits per heavy atom. The lowest BCUT2D eigenvalue weighted by Crippen LogP contribution is -2.30. The summed E-state index contributed by atoms with van der Waals surface area (Å²) >= 11 is 0. The summed E-state index contributed by atoms with van der Waals surface area (Å²) in [5.41, 5.74) is 7.41. The number of fused-ring (bicyclic) bond motifs is 1. The predicted octanol–water partition coefficient (Wildman–Crippen LogP) is 4.58. The highest BCUT2D eigenvalue weighted by molar-refractivity contribution is 6.64. The molecule has 0 nitrogen and oxygen atoms in total. The number of aryl methyl sites for hydroxylation is 1. The number of benzene rings is 1. The standard InChI is InChI=1S/C16H21Si/c1-3-12-7-5-8-14-15(12)11-13(4-2)16(14)17-9-6-10-17/h5,7-8,11,16H,3-4,6,9-10H2,1-2H3. The Hall–Kier alpha value is -0.823. The second kappa shape index (κ2) is 4.45. The highest BCUT2D eigenvalue weighted by atomic mass is 28.3. The molecule has 3 rings (SSSR count). The Balaban J connectivity index is 2.05. The molecule has 0 bridgehead atoms. The SMILES string of the molecule is CCC1=Cc2c(CC)cccc2C1[Si]1CCC1. The second-order valence-corrected chi connectivity index (χ2v) is 8.19. The molecule has 1 atom stereocenters. The number of hydrogen-bond acceptors (Lipinski definition) is 0. The molecule has 0 aromatic heterocycles. The van der Waals surface area contributed by atoms with Crippen molar-refractivity contribution in [3.8, 4) is 0 Å². The maximum atomic E-state index is 2.52. The van der Waals surface area contributed by atoms with Crippen LogP contribution in [0, 0.1) is 0 Å². The first-order chi connectivity index (χ1) is 8.35. The lowest BCUT2D eigenvalue weighted by Gasteiger charge is -2.32. The minimum atomic E-state index is -0.0911. The Kier molecular flexibility index (Phi) is 2.95. The molecule has 1 fully saturated rings. The van der Waals surface area contributed by atoms with Gasteiger partial charge in [0.1, 0.15) is 0 Å². The van der Waals surface area contributed by atoms with E-state index >= 15 is 0 Å². The van der Waals surface area contributed by atoms with Crippen LogP contribution in [0.3, 0.4) is 0 Å². The summed E-state index contributed by atoms with van der Waals surface area (Å²) in [5.74, 6) is 0. The van der Waals surface area contributed by atoms with Crippen molar-refractivity contribution in [2.45, 2.75) is 50.7 Å². The molecule has 0 saturated carbocycles. The fourth-order valence-corrected chi connectivity index (χ4v) is 6.14. The van der Waals surface area contributed by atoms with E-state index in [1.807, 2.05) is 0 Å². The van der Waals surface area contributed by atoms with Gasteiger partial charge in [-0.05, 0) is 35.1 Å². The molecule has 1 aromatic carbocycles. The Labute approximate surface area is 106 Å².